The molecule has 1 heterocycles. The number of hydrogen-bond donors (Lipinski definition) is 1. The van der Waals surface area contributed by atoms with E-state index in [0.29, 0.717) is 6.54 Å². The van der Waals surface area contributed by atoms with E-state index in [1.807, 2.05) is 44.1 Å². The smallest absolute Gasteiger partial charge is 0.332 e. The number of aryl methyl sites for hydroxylation is 1. The van der Waals surface area contributed by atoms with Crippen LogP contribution in [-0.4, -0.2) is 34.7 Å². The van der Waals surface area contributed by atoms with Crippen molar-refractivity contribution in [3.8, 4) is 6.07 Å². The van der Waals surface area contributed by atoms with Crippen LogP contribution < -0.4 is 16.6 Å². The minimum Gasteiger partial charge on any atom is -0.368 e. The summed E-state index contributed by atoms with van der Waals surface area (Å²) in [6.45, 7) is 2.48. The molecule has 0 saturated carbocycles. The summed E-state index contributed by atoms with van der Waals surface area (Å²) in [5, 5.41) is 12.5. The fourth-order valence-electron chi connectivity index (χ4n) is 2.73. The van der Waals surface area contributed by atoms with Crippen LogP contribution in [0, 0.1) is 18.3 Å². The third-order valence-corrected chi connectivity index (χ3v) is 4.32. The summed E-state index contributed by atoms with van der Waals surface area (Å²) in [6.07, 6.45) is 0. The molecule has 7 nitrogen and oxygen atoms in total. The maximum Gasteiger partial charge on any atom is 0.332 e. The molecular weight excluding hydrogens is 318 g/mol. The van der Waals surface area contributed by atoms with Crippen LogP contribution in [0.25, 0.3) is 0 Å². The summed E-state index contributed by atoms with van der Waals surface area (Å²) < 4.78 is 2.23. The Morgan fingerprint density at radius 2 is 1.76 bits per heavy atom. The number of rotatable bonds is 5. The number of likely N-dealkylation sites (N-methyl/N-ethyl adjacent to an activating group) is 1. The van der Waals surface area contributed by atoms with Gasteiger partial charge in [-0.1, -0.05) is 29.8 Å². The molecule has 1 N–H and O–H groups in total. The van der Waals surface area contributed by atoms with Gasteiger partial charge in [-0.05, 0) is 26.6 Å². The average molecular weight is 341 g/mol. The van der Waals surface area contributed by atoms with E-state index in [1.54, 1.807) is 7.05 Å². The molecule has 0 bridgehead atoms. The van der Waals surface area contributed by atoms with E-state index >= 15 is 0 Å². The van der Waals surface area contributed by atoms with Crippen LogP contribution in [0.2, 0.25) is 0 Å². The van der Waals surface area contributed by atoms with Crippen LogP contribution >= 0.6 is 0 Å². The third-order valence-electron chi connectivity index (χ3n) is 4.32. The lowest BCUT2D eigenvalue weighted by Gasteiger charge is -2.26. The van der Waals surface area contributed by atoms with Crippen molar-refractivity contribution in [2.45, 2.75) is 13.0 Å². The van der Waals surface area contributed by atoms with Gasteiger partial charge >= 0.3 is 5.69 Å². The minimum atomic E-state index is -0.593. The third kappa shape index (κ3) is 3.64. The molecule has 1 atom stereocenters. The Morgan fingerprint density at radius 1 is 1.16 bits per heavy atom. The van der Waals surface area contributed by atoms with Gasteiger partial charge in [-0.3, -0.25) is 13.9 Å². The number of benzene rings is 1. The Kier molecular flexibility index (Phi) is 5.45. The molecule has 0 aliphatic carbocycles. The van der Waals surface area contributed by atoms with Crippen LogP contribution in [-0.2, 0) is 14.1 Å². The van der Waals surface area contributed by atoms with E-state index in [4.69, 9.17) is 0 Å². The van der Waals surface area contributed by atoms with E-state index in [0.717, 1.165) is 10.1 Å². The van der Waals surface area contributed by atoms with E-state index in [9.17, 15) is 14.9 Å². The Bertz CT molecular complexity index is 917. The number of aromatic nitrogens is 2. The lowest BCUT2D eigenvalue weighted by Crippen LogP contribution is -2.40. The lowest BCUT2D eigenvalue weighted by atomic mass is 10.0. The first kappa shape index (κ1) is 18.5. The number of nitrogens with zero attached hydrogens (tertiary/aromatic N) is 4. The molecule has 0 aliphatic heterocycles. The van der Waals surface area contributed by atoms with Gasteiger partial charge in [0.2, 0.25) is 0 Å². The second-order valence-corrected chi connectivity index (χ2v) is 6.31. The molecule has 1 aromatic heterocycles. The fourth-order valence-corrected chi connectivity index (χ4v) is 2.73. The van der Waals surface area contributed by atoms with Crippen molar-refractivity contribution in [2.75, 3.05) is 26.0 Å². The lowest BCUT2D eigenvalue weighted by molar-refractivity contribution is 0.311. The van der Waals surface area contributed by atoms with Gasteiger partial charge in [0.15, 0.2) is 5.56 Å². The first-order valence-corrected chi connectivity index (χ1v) is 7.95. The Hall–Kier alpha value is -2.85. The van der Waals surface area contributed by atoms with Crippen LogP contribution in [0.3, 0.4) is 0 Å². The average Bonchev–Trinajstić information content (AvgIpc) is 2.58. The Balaban J connectivity index is 2.39. The molecule has 1 aromatic carbocycles. The van der Waals surface area contributed by atoms with Crippen molar-refractivity contribution in [3.05, 3.63) is 61.8 Å². The zero-order valence-electron chi connectivity index (χ0n) is 15.2. The van der Waals surface area contributed by atoms with Crippen molar-refractivity contribution in [3.63, 3.8) is 0 Å². The highest BCUT2D eigenvalue weighted by Gasteiger charge is 2.18. The van der Waals surface area contributed by atoms with Crippen LogP contribution in [0.5, 0.6) is 0 Å². The van der Waals surface area contributed by atoms with Gasteiger partial charge in [0.05, 0.1) is 6.04 Å². The highest BCUT2D eigenvalue weighted by atomic mass is 16.2. The minimum absolute atomic E-state index is 0.0197. The van der Waals surface area contributed by atoms with Crippen molar-refractivity contribution in [2.24, 2.45) is 14.1 Å². The molecule has 2 rings (SSSR count). The maximum atomic E-state index is 12.2. The first-order valence-electron chi connectivity index (χ1n) is 7.95. The second kappa shape index (κ2) is 7.36. The predicted octanol–water partition coefficient (Wildman–Crippen LogP) is 0.979. The summed E-state index contributed by atoms with van der Waals surface area (Å²) in [6, 6.07) is 10.1. The molecule has 0 unspecified atom stereocenters. The van der Waals surface area contributed by atoms with Gasteiger partial charge in [0.25, 0.3) is 5.56 Å². The number of anilines is 1. The SMILES string of the molecule is Cc1ccc([C@@H](CNc2c(C#N)c(=O)n(C)c(=O)n2C)N(C)C)cc1. The van der Waals surface area contributed by atoms with Crippen molar-refractivity contribution in [1.29, 1.82) is 5.26 Å². The van der Waals surface area contributed by atoms with Gasteiger partial charge in [-0.25, -0.2) is 4.79 Å². The largest absolute Gasteiger partial charge is 0.368 e. The predicted molar refractivity (Wildman–Crippen MR) is 97.7 cm³/mol. The van der Waals surface area contributed by atoms with Gasteiger partial charge in [-0.15, -0.1) is 0 Å². The molecule has 25 heavy (non-hydrogen) atoms. The first-order chi connectivity index (χ1) is 11.8. The second-order valence-electron chi connectivity index (χ2n) is 6.31. The summed E-state index contributed by atoms with van der Waals surface area (Å²) >= 11 is 0. The Morgan fingerprint density at radius 3 is 2.28 bits per heavy atom. The molecular formula is C18H23N5O2. The quantitative estimate of drug-likeness (QED) is 0.876. The molecule has 0 saturated heterocycles. The van der Waals surface area contributed by atoms with Gasteiger partial charge in [0, 0.05) is 20.6 Å². The molecule has 2 aromatic rings. The van der Waals surface area contributed by atoms with Gasteiger partial charge < -0.3 is 10.2 Å². The highest BCUT2D eigenvalue weighted by molar-refractivity contribution is 5.51. The zero-order chi connectivity index (χ0) is 18.7. The highest BCUT2D eigenvalue weighted by Crippen LogP contribution is 2.20. The maximum absolute atomic E-state index is 12.2. The van der Waals surface area contributed by atoms with Gasteiger partial charge in [0.1, 0.15) is 11.9 Å². The van der Waals surface area contributed by atoms with Crippen LogP contribution in [0.1, 0.15) is 22.7 Å². The van der Waals surface area contributed by atoms with Crippen LogP contribution in [0.15, 0.2) is 33.9 Å². The van der Waals surface area contributed by atoms with Crippen molar-refractivity contribution in [1.82, 2.24) is 14.0 Å². The van der Waals surface area contributed by atoms with E-state index in [-0.39, 0.29) is 17.4 Å². The molecule has 0 amide bonds. The van der Waals surface area contributed by atoms with E-state index in [2.05, 4.69) is 17.4 Å². The standard InChI is InChI=1S/C18H23N5O2/c1-12-6-8-13(9-7-12)15(21(2)3)11-20-16-14(10-19)17(24)23(5)18(25)22(16)4/h6-9,15,20H,11H2,1-5H3/t15-/m1/s1. The van der Waals surface area contributed by atoms with E-state index < -0.39 is 11.2 Å². The van der Waals surface area contributed by atoms with Crippen molar-refractivity contribution < 1.29 is 0 Å². The zero-order valence-corrected chi connectivity index (χ0v) is 15.2. The molecule has 132 valence electrons. The van der Waals surface area contributed by atoms with Crippen LogP contribution in [0.4, 0.5) is 5.82 Å². The molecule has 7 heteroatoms. The number of hydrogen-bond acceptors (Lipinski definition) is 5. The molecule has 0 spiro atoms. The summed E-state index contributed by atoms with van der Waals surface area (Å²) in [5.41, 5.74) is 1.16. The van der Waals surface area contributed by atoms with Gasteiger partial charge in [-0.2, -0.15) is 5.26 Å². The van der Waals surface area contributed by atoms with Crippen molar-refractivity contribution >= 4 is 5.82 Å². The normalized spacial score (nSPS) is 12.0. The Labute approximate surface area is 146 Å². The topological polar surface area (TPSA) is 83.1 Å². The molecule has 0 radical (unpaired) electrons. The summed E-state index contributed by atoms with van der Waals surface area (Å²) in [4.78, 5) is 26.3. The molecule has 0 fully saturated rings. The monoisotopic (exact) mass is 341 g/mol. The fraction of sp³-hybridized carbons (Fsp3) is 0.389. The summed E-state index contributed by atoms with van der Waals surface area (Å²) in [5.74, 6) is 0.245. The van der Waals surface area contributed by atoms with E-state index in [1.165, 1.54) is 17.2 Å². The molecule has 0 aliphatic rings. The number of nitrogens with one attached hydrogen (secondary N) is 1. The summed E-state index contributed by atoms with van der Waals surface area (Å²) in [7, 11) is 6.83. The number of nitriles is 1.